The van der Waals surface area contributed by atoms with Gasteiger partial charge in [-0.25, -0.2) is 0 Å². The minimum atomic E-state index is 0.821. The van der Waals surface area contributed by atoms with Crippen molar-refractivity contribution in [2.45, 2.75) is 13.5 Å². The first-order valence-electron chi connectivity index (χ1n) is 4.31. The molecule has 4 heteroatoms. The van der Waals surface area contributed by atoms with Crippen LogP contribution in [0.3, 0.4) is 0 Å². The van der Waals surface area contributed by atoms with Gasteiger partial charge in [-0.15, -0.1) is 11.3 Å². The summed E-state index contributed by atoms with van der Waals surface area (Å²) in [5.41, 5.74) is 2.40. The summed E-state index contributed by atoms with van der Waals surface area (Å²) in [6.45, 7) is 2.89. The summed E-state index contributed by atoms with van der Waals surface area (Å²) in [6, 6.07) is 4.01. The first-order chi connectivity index (χ1) is 6.77. The van der Waals surface area contributed by atoms with Crippen molar-refractivity contribution >= 4 is 23.6 Å². The van der Waals surface area contributed by atoms with Crippen molar-refractivity contribution < 1.29 is 0 Å². The molecule has 2 heterocycles. The molecule has 0 aliphatic carbocycles. The average molecular weight is 222 g/mol. The van der Waals surface area contributed by atoms with E-state index in [1.165, 1.54) is 11.3 Å². The maximum absolute atomic E-state index is 5.23. The van der Waals surface area contributed by atoms with Crippen LogP contribution in [0.5, 0.6) is 0 Å². The minimum absolute atomic E-state index is 0.821. The second-order valence-corrected chi connectivity index (χ2v) is 4.59. The first-order valence-corrected chi connectivity index (χ1v) is 5.60. The molecule has 0 amide bonds. The number of pyridine rings is 1. The number of nitrogens with zero attached hydrogens (tertiary/aromatic N) is 2. The van der Waals surface area contributed by atoms with E-state index in [9.17, 15) is 0 Å². The lowest BCUT2D eigenvalue weighted by atomic mass is 10.3. The lowest BCUT2D eigenvalue weighted by molar-refractivity contribution is 0.767. The third-order valence-corrected chi connectivity index (χ3v) is 3.43. The van der Waals surface area contributed by atoms with Crippen LogP contribution in [0.4, 0.5) is 0 Å². The molecular weight excluding hydrogens is 212 g/mol. The molecule has 0 aliphatic heterocycles. The molecule has 0 N–H and O–H groups in total. The summed E-state index contributed by atoms with van der Waals surface area (Å²) in [5.74, 6) is 0. The number of hydrogen-bond donors (Lipinski definition) is 0. The van der Waals surface area contributed by atoms with Gasteiger partial charge in [-0.05, 0) is 30.8 Å². The van der Waals surface area contributed by atoms with Crippen molar-refractivity contribution in [3.63, 3.8) is 0 Å². The van der Waals surface area contributed by atoms with E-state index >= 15 is 0 Å². The number of aromatic nitrogens is 2. The van der Waals surface area contributed by atoms with Gasteiger partial charge in [0.15, 0.2) is 3.95 Å². The summed E-state index contributed by atoms with van der Waals surface area (Å²) in [6.07, 6.45) is 3.65. The summed E-state index contributed by atoms with van der Waals surface area (Å²) in [7, 11) is 0. The van der Waals surface area contributed by atoms with E-state index in [2.05, 4.69) is 27.9 Å². The normalized spacial score (nSPS) is 10.4. The molecule has 0 unspecified atom stereocenters. The fraction of sp³-hybridized carbons (Fsp3) is 0.200. The molecule has 0 aromatic carbocycles. The zero-order chi connectivity index (χ0) is 9.97. The third-order valence-electron chi connectivity index (χ3n) is 2.04. The number of thiazole rings is 1. The van der Waals surface area contributed by atoms with E-state index in [-0.39, 0.29) is 0 Å². The molecule has 2 rings (SSSR count). The maximum atomic E-state index is 5.23. The van der Waals surface area contributed by atoms with Crippen LogP contribution in [-0.4, -0.2) is 9.55 Å². The van der Waals surface area contributed by atoms with Crippen LogP contribution in [0.1, 0.15) is 11.3 Å². The average Bonchev–Trinajstić information content (AvgIpc) is 2.51. The SMILES string of the molecule is Cc1csc(=S)n1Cc1cccnc1. The molecule has 2 aromatic rings. The van der Waals surface area contributed by atoms with Crippen molar-refractivity contribution in [2.24, 2.45) is 0 Å². The highest BCUT2D eigenvalue weighted by Crippen LogP contribution is 2.12. The monoisotopic (exact) mass is 222 g/mol. The van der Waals surface area contributed by atoms with E-state index in [1.54, 1.807) is 17.5 Å². The second-order valence-electron chi connectivity index (χ2n) is 3.09. The largest absolute Gasteiger partial charge is 0.323 e. The van der Waals surface area contributed by atoms with Gasteiger partial charge in [0.25, 0.3) is 0 Å². The number of rotatable bonds is 2. The molecule has 0 bridgehead atoms. The first kappa shape index (κ1) is 9.55. The Labute approximate surface area is 91.9 Å². The highest BCUT2D eigenvalue weighted by molar-refractivity contribution is 7.73. The molecule has 0 radical (unpaired) electrons. The van der Waals surface area contributed by atoms with Crippen LogP contribution >= 0.6 is 23.6 Å². The molecule has 2 nitrogen and oxygen atoms in total. The Balaban J connectivity index is 2.32. The van der Waals surface area contributed by atoms with Gasteiger partial charge in [0.2, 0.25) is 0 Å². The van der Waals surface area contributed by atoms with Crippen LogP contribution in [0.25, 0.3) is 0 Å². The summed E-state index contributed by atoms with van der Waals surface area (Å²) >= 11 is 6.84. The molecule has 0 aliphatic rings. The van der Waals surface area contributed by atoms with Crippen molar-refractivity contribution in [1.82, 2.24) is 9.55 Å². The highest BCUT2D eigenvalue weighted by atomic mass is 32.1. The smallest absolute Gasteiger partial charge is 0.161 e. The molecule has 0 saturated heterocycles. The Hall–Kier alpha value is -1.00. The Morgan fingerprint density at radius 3 is 3.00 bits per heavy atom. The van der Waals surface area contributed by atoms with E-state index in [1.807, 2.05) is 12.3 Å². The van der Waals surface area contributed by atoms with Crippen molar-refractivity contribution in [3.8, 4) is 0 Å². The predicted molar refractivity (Wildman–Crippen MR) is 61.2 cm³/mol. The van der Waals surface area contributed by atoms with E-state index in [0.717, 1.165) is 10.5 Å². The standard InChI is InChI=1S/C10H10N2S2/c1-8-7-14-10(13)12(8)6-9-3-2-4-11-5-9/h2-5,7H,6H2,1H3. The van der Waals surface area contributed by atoms with Gasteiger partial charge < -0.3 is 4.57 Å². The summed E-state index contributed by atoms with van der Waals surface area (Å²) in [5, 5.41) is 2.08. The van der Waals surface area contributed by atoms with Crippen LogP contribution in [-0.2, 0) is 6.54 Å². The molecule has 14 heavy (non-hydrogen) atoms. The molecule has 0 spiro atoms. The fourth-order valence-electron chi connectivity index (χ4n) is 1.27. The lowest BCUT2D eigenvalue weighted by Gasteiger charge is -2.04. The zero-order valence-electron chi connectivity index (χ0n) is 7.80. The molecule has 0 atom stereocenters. The minimum Gasteiger partial charge on any atom is -0.323 e. The molecule has 0 fully saturated rings. The van der Waals surface area contributed by atoms with E-state index < -0.39 is 0 Å². The number of hydrogen-bond acceptors (Lipinski definition) is 3. The van der Waals surface area contributed by atoms with Gasteiger partial charge in [0, 0.05) is 23.5 Å². The quantitative estimate of drug-likeness (QED) is 0.727. The maximum Gasteiger partial charge on any atom is 0.161 e. The van der Waals surface area contributed by atoms with Crippen molar-refractivity contribution in [1.29, 1.82) is 0 Å². The Kier molecular flexibility index (Phi) is 2.74. The molecule has 0 saturated carbocycles. The summed E-state index contributed by atoms with van der Waals surface area (Å²) < 4.78 is 3.04. The van der Waals surface area contributed by atoms with Gasteiger partial charge in [-0.2, -0.15) is 0 Å². The van der Waals surface area contributed by atoms with Crippen molar-refractivity contribution in [2.75, 3.05) is 0 Å². The van der Waals surface area contributed by atoms with Crippen molar-refractivity contribution in [3.05, 3.63) is 45.1 Å². The Morgan fingerprint density at radius 1 is 1.57 bits per heavy atom. The highest BCUT2D eigenvalue weighted by Gasteiger charge is 2.00. The van der Waals surface area contributed by atoms with Gasteiger partial charge >= 0.3 is 0 Å². The van der Waals surface area contributed by atoms with Crippen LogP contribution < -0.4 is 0 Å². The van der Waals surface area contributed by atoms with Crippen LogP contribution in [0, 0.1) is 10.9 Å². The molecule has 72 valence electrons. The fourth-order valence-corrected chi connectivity index (χ4v) is 2.36. The molecule has 2 aromatic heterocycles. The predicted octanol–water partition coefficient (Wildman–Crippen LogP) is 3.03. The van der Waals surface area contributed by atoms with Gasteiger partial charge in [0.1, 0.15) is 0 Å². The van der Waals surface area contributed by atoms with Crippen LogP contribution in [0.2, 0.25) is 0 Å². The number of aryl methyl sites for hydroxylation is 1. The molecular formula is C10H10N2S2. The third kappa shape index (κ3) is 1.91. The Bertz CT molecular complexity index is 470. The van der Waals surface area contributed by atoms with Gasteiger partial charge in [-0.1, -0.05) is 6.07 Å². The zero-order valence-corrected chi connectivity index (χ0v) is 9.44. The van der Waals surface area contributed by atoms with E-state index in [4.69, 9.17) is 12.2 Å². The summed E-state index contributed by atoms with van der Waals surface area (Å²) in [4.78, 5) is 4.08. The van der Waals surface area contributed by atoms with Crippen LogP contribution in [0.15, 0.2) is 29.9 Å². The van der Waals surface area contributed by atoms with Gasteiger partial charge in [-0.3, -0.25) is 4.98 Å². The topological polar surface area (TPSA) is 17.8 Å². The van der Waals surface area contributed by atoms with E-state index in [0.29, 0.717) is 0 Å². The second kappa shape index (κ2) is 4.02. The Morgan fingerprint density at radius 2 is 2.43 bits per heavy atom. The van der Waals surface area contributed by atoms with Gasteiger partial charge in [0.05, 0.1) is 6.54 Å². The lowest BCUT2D eigenvalue weighted by Crippen LogP contribution is -2.01.